The van der Waals surface area contributed by atoms with Crippen LogP contribution in [0.25, 0.3) is 0 Å². The van der Waals surface area contributed by atoms with Crippen LogP contribution in [0.3, 0.4) is 0 Å². The molecule has 2 rings (SSSR count). The second-order valence-electron chi connectivity index (χ2n) is 6.54. The number of rotatable bonds is 5. The number of nitrogens with one attached hydrogen (secondary N) is 2. The molecule has 5 heteroatoms. The topological polar surface area (TPSA) is 53.6 Å². The predicted molar refractivity (Wildman–Crippen MR) is 88.7 cm³/mol. The first-order chi connectivity index (χ1) is 9.82. The average molecular weight is 306 g/mol. The fourth-order valence-corrected chi connectivity index (χ4v) is 3.50. The van der Waals surface area contributed by atoms with E-state index in [0.29, 0.717) is 0 Å². The SMILES string of the molecule is CCC(NC(C)c1sc(C(C)(C)C)nc1C)c1ncc[nH]1. The molecule has 0 saturated heterocycles. The largest absolute Gasteiger partial charge is 0.347 e. The summed E-state index contributed by atoms with van der Waals surface area (Å²) in [5.74, 6) is 1.00. The van der Waals surface area contributed by atoms with Crippen LogP contribution >= 0.6 is 11.3 Å². The molecule has 0 bridgehead atoms. The Labute approximate surface area is 131 Å². The molecule has 116 valence electrons. The van der Waals surface area contributed by atoms with Crippen molar-refractivity contribution in [2.24, 2.45) is 0 Å². The molecule has 2 heterocycles. The van der Waals surface area contributed by atoms with Gasteiger partial charge in [0.1, 0.15) is 5.82 Å². The third-order valence-corrected chi connectivity index (χ3v) is 5.34. The number of thiazole rings is 1. The van der Waals surface area contributed by atoms with Crippen LogP contribution in [0.2, 0.25) is 0 Å². The summed E-state index contributed by atoms with van der Waals surface area (Å²) in [5.41, 5.74) is 1.25. The first kappa shape index (κ1) is 16.2. The van der Waals surface area contributed by atoms with E-state index < -0.39 is 0 Å². The Morgan fingerprint density at radius 1 is 1.38 bits per heavy atom. The van der Waals surface area contributed by atoms with Gasteiger partial charge in [0.25, 0.3) is 0 Å². The van der Waals surface area contributed by atoms with E-state index in [9.17, 15) is 0 Å². The highest BCUT2D eigenvalue weighted by molar-refractivity contribution is 7.12. The van der Waals surface area contributed by atoms with Crippen LogP contribution in [-0.4, -0.2) is 15.0 Å². The van der Waals surface area contributed by atoms with Gasteiger partial charge in [0.15, 0.2) is 0 Å². The number of aromatic nitrogens is 3. The maximum Gasteiger partial charge on any atom is 0.123 e. The van der Waals surface area contributed by atoms with E-state index in [1.54, 1.807) is 6.20 Å². The number of hydrogen-bond donors (Lipinski definition) is 2. The van der Waals surface area contributed by atoms with Crippen molar-refractivity contribution < 1.29 is 0 Å². The molecular formula is C16H26N4S. The van der Waals surface area contributed by atoms with Gasteiger partial charge in [0.05, 0.1) is 16.7 Å². The summed E-state index contributed by atoms with van der Waals surface area (Å²) in [7, 11) is 0. The molecule has 21 heavy (non-hydrogen) atoms. The van der Waals surface area contributed by atoms with Crippen molar-refractivity contribution in [3.8, 4) is 0 Å². The van der Waals surface area contributed by atoms with Gasteiger partial charge in [-0.25, -0.2) is 9.97 Å². The third-order valence-electron chi connectivity index (χ3n) is 3.58. The maximum absolute atomic E-state index is 4.75. The van der Waals surface area contributed by atoms with Crippen molar-refractivity contribution in [1.29, 1.82) is 0 Å². The Bertz CT molecular complexity index is 566. The molecule has 2 N–H and O–H groups in total. The molecule has 0 aliphatic rings. The van der Waals surface area contributed by atoms with Crippen molar-refractivity contribution in [2.45, 2.75) is 65.5 Å². The monoisotopic (exact) mass is 306 g/mol. The van der Waals surface area contributed by atoms with E-state index >= 15 is 0 Å². The molecule has 0 aliphatic heterocycles. The molecule has 0 aromatic carbocycles. The van der Waals surface area contributed by atoms with Crippen molar-refractivity contribution in [1.82, 2.24) is 20.3 Å². The fraction of sp³-hybridized carbons (Fsp3) is 0.625. The van der Waals surface area contributed by atoms with Crippen molar-refractivity contribution in [2.75, 3.05) is 0 Å². The lowest BCUT2D eigenvalue weighted by Crippen LogP contribution is -2.25. The van der Waals surface area contributed by atoms with E-state index in [1.165, 1.54) is 9.88 Å². The van der Waals surface area contributed by atoms with Crippen LogP contribution in [0.5, 0.6) is 0 Å². The summed E-state index contributed by atoms with van der Waals surface area (Å²) < 4.78 is 0. The molecule has 0 radical (unpaired) electrons. The maximum atomic E-state index is 4.75. The highest BCUT2D eigenvalue weighted by atomic mass is 32.1. The highest BCUT2D eigenvalue weighted by Gasteiger charge is 2.24. The number of hydrogen-bond acceptors (Lipinski definition) is 4. The Hall–Kier alpha value is -1.20. The first-order valence-corrected chi connectivity index (χ1v) is 8.37. The van der Waals surface area contributed by atoms with Gasteiger partial charge >= 0.3 is 0 Å². The van der Waals surface area contributed by atoms with Gasteiger partial charge in [-0.1, -0.05) is 27.7 Å². The Morgan fingerprint density at radius 2 is 2.10 bits per heavy atom. The van der Waals surface area contributed by atoms with E-state index in [0.717, 1.165) is 17.9 Å². The lowest BCUT2D eigenvalue weighted by atomic mass is 9.98. The normalized spacial score (nSPS) is 15.1. The van der Waals surface area contributed by atoms with E-state index in [1.807, 2.05) is 17.5 Å². The third kappa shape index (κ3) is 3.71. The predicted octanol–water partition coefficient (Wildman–Crippen LogP) is 4.27. The zero-order valence-corrected chi connectivity index (χ0v) is 14.6. The lowest BCUT2D eigenvalue weighted by molar-refractivity contribution is 0.444. The molecule has 0 amide bonds. The number of aromatic amines is 1. The van der Waals surface area contributed by atoms with Gasteiger partial charge in [-0.2, -0.15) is 0 Å². The van der Waals surface area contributed by atoms with Crippen LogP contribution in [0.15, 0.2) is 12.4 Å². The number of aryl methyl sites for hydroxylation is 1. The van der Waals surface area contributed by atoms with Gasteiger partial charge in [0, 0.05) is 28.7 Å². The van der Waals surface area contributed by atoms with Crippen LogP contribution in [0, 0.1) is 6.92 Å². The van der Waals surface area contributed by atoms with Crippen molar-refractivity contribution in [3.05, 3.63) is 33.8 Å². The Morgan fingerprint density at radius 3 is 2.57 bits per heavy atom. The minimum atomic E-state index is 0.110. The molecule has 2 aromatic rings. The molecule has 2 unspecified atom stereocenters. The zero-order valence-electron chi connectivity index (χ0n) is 13.8. The fourth-order valence-electron chi connectivity index (χ4n) is 2.37. The van der Waals surface area contributed by atoms with Crippen molar-refractivity contribution in [3.63, 3.8) is 0 Å². The summed E-state index contributed by atoms with van der Waals surface area (Å²) in [6.45, 7) is 13.1. The van der Waals surface area contributed by atoms with E-state index in [2.05, 4.69) is 56.8 Å². The number of H-pyrrole nitrogens is 1. The minimum absolute atomic E-state index is 0.110. The Balaban J connectivity index is 2.16. The Kier molecular flexibility index (Phi) is 4.84. The molecule has 0 aliphatic carbocycles. The van der Waals surface area contributed by atoms with Gasteiger partial charge < -0.3 is 4.98 Å². The number of nitrogens with zero attached hydrogens (tertiary/aromatic N) is 2. The summed E-state index contributed by atoms with van der Waals surface area (Å²) in [5, 5.41) is 4.87. The number of imidazole rings is 1. The van der Waals surface area contributed by atoms with Gasteiger partial charge in [-0.05, 0) is 20.3 Å². The average Bonchev–Trinajstić information content (AvgIpc) is 3.03. The highest BCUT2D eigenvalue weighted by Crippen LogP contribution is 2.33. The summed E-state index contributed by atoms with van der Waals surface area (Å²) in [6, 6.07) is 0.517. The molecule has 0 saturated carbocycles. The van der Waals surface area contributed by atoms with Crippen molar-refractivity contribution >= 4 is 11.3 Å². The summed E-state index contributed by atoms with van der Waals surface area (Å²) in [4.78, 5) is 13.7. The summed E-state index contributed by atoms with van der Waals surface area (Å²) >= 11 is 1.82. The second kappa shape index (κ2) is 6.28. The second-order valence-corrected chi connectivity index (χ2v) is 7.57. The quantitative estimate of drug-likeness (QED) is 0.867. The standard InChI is InChI=1S/C16H26N4S/c1-7-12(14-17-8-9-18-14)19-10(2)13-11(3)20-15(21-13)16(4,5)6/h8-10,12,19H,7H2,1-6H3,(H,17,18). The molecule has 0 fully saturated rings. The van der Waals surface area contributed by atoms with E-state index in [4.69, 9.17) is 4.98 Å². The van der Waals surface area contributed by atoms with Gasteiger partial charge in [-0.15, -0.1) is 11.3 Å². The van der Waals surface area contributed by atoms with Crippen LogP contribution in [0.1, 0.15) is 74.5 Å². The minimum Gasteiger partial charge on any atom is -0.347 e. The van der Waals surface area contributed by atoms with Crippen LogP contribution in [0.4, 0.5) is 0 Å². The molecular weight excluding hydrogens is 280 g/mol. The van der Waals surface area contributed by atoms with Crippen LogP contribution < -0.4 is 5.32 Å². The first-order valence-electron chi connectivity index (χ1n) is 7.56. The lowest BCUT2D eigenvalue weighted by Gasteiger charge is -2.20. The van der Waals surface area contributed by atoms with Gasteiger partial charge in [0.2, 0.25) is 0 Å². The zero-order chi connectivity index (χ0) is 15.6. The molecule has 2 atom stereocenters. The summed E-state index contributed by atoms with van der Waals surface area (Å²) in [6.07, 6.45) is 4.68. The van der Waals surface area contributed by atoms with Gasteiger partial charge in [-0.3, -0.25) is 5.32 Å². The smallest absolute Gasteiger partial charge is 0.123 e. The molecule has 4 nitrogen and oxygen atoms in total. The molecule has 0 spiro atoms. The van der Waals surface area contributed by atoms with E-state index in [-0.39, 0.29) is 17.5 Å². The van der Waals surface area contributed by atoms with Crippen LogP contribution in [-0.2, 0) is 5.41 Å². The molecule has 2 aromatic heterocycles.